The number of fused-ring (bicyclic) bond motifs is 2. The highest BCUT2D eigenvalue weighted by molar-refractivity contribution is 6.07. The van der Waals surface area contributed by atoms with Crippen LogP contribution in [0.2, 0.25) is 0 Å². The Kier molecular flexibility index (Phi) is 4.71. The van der Waals surface area contributed by atoms with Crippen molar-refractivity contribution in [2.75, 3.05) is 19.5 Å². The highest BCUT2D eigenvalue weighted by atomic mass is 16.5. The van der Waals surface area contributed by atoms with Crippen molar-refractivity contribution >= 4 is 22.4 Å². The van der Waals surface area contributed by atoms with Crippen LogP contribution in [0.5, 0.6) is 11.5 Å². The normalized spacial score (nSPS) is 13.1. The van der Waals surface area contributed by atoms with Crippen LogP contribution in [0.4, 0.5) is 5.69 Å². The number of ether oxygens (including phenoxy) is 2. The standard InChI is InChI=1S/C23H23NO3/c1-26-18-10-9-15-13-17(8-7-16(15)14-18)23(25)24-21-11-12-22(27-2)20-6-4-3-5-19(20)21/h7-14H,3-6H2,1-2H3,(H,24,25). The van der Waals surface area contributed by atoms with E-state index >= 15 is 0 Å². The quantitative estimate of drug-likeness (QED) is 0.712. The Morgan fingerprint density at radius 1 is 0.852 bits per heavy atom. The maximum atomic E-state index is 12.9. The number of nitrogens with one attached hydrogen (secondary N) is 1. The van der Waals surface area contributed by atoms with Gasteiger partial charge in [0.1, 0.15) is 11.5 Å². The number of hydrogen-bond donors (Lipinski definition) is 1. The number of benzene rings is 3. The lowest BCUT2D eigenvalue weighted by atomic mass is 9.89. The van der Waals surface area contributed by atoms with Crippen LogP contribution in [0, 0.1) is 0 Å². The van der Waals surface area contributed by atoms with Crippen LogP contribution in [0.3, 0.4) is 0 Å². The fourth-order valence-electron chi connectivity index (χ4n) is 3.83. The van der Waals surface area contributed by atoms with Gasteiger partial charge in [-0.2, -0.15) is 0 Å². The molecule has 0 saturated heterocycles. The van der Waals surface area contributed by atoms with E-state index in [1.807, 2.05) is 48.5 Å². The van der Waals surface area contributed by atoms with E-state index < -0.39 is 0 Å². The molecule has 0 spiro atoms. The van der Waals surface area contributed by atoms with Crippen molar-refractivity contribution in [1.29, 1.82) is 0 Å². The van der Waals surface area contributed by atoms with Crippen LogP contribution in [0.15, 0.2) is 48.5 Å². The van der Waals surface area contributed by atoms with Gasteiger partial charge in [0.25, 0.3) is 5.91 Å². The Labute approximate surface area is 159 Å². The highest BCUT2D eigenvalue weighted by Gasteiger charge is 2.19. The summed E-state index contributed by atoms with van der Waals surface area (Å²) < 4.78 is 10.8. The van der Waals surface area contributed by atoms with Gasteiger partial charge < -0.3 is 14.8 Å². The van der Waals surface area contributed by atoms with Gasteiger partial charge >= 0.3 is 0 Å². The van der Waals surface area contributed by atoms with Crippen molar-refractivity contribution in [2.24, 2.45) is 0 Å². The molecule has 1 aliphatic carbocycles. The van der Waals surface area contributed by atoms with Crippen LogP contribution < -0.4 is 14.8 Å². The van der Waals surface area contributed by atoms with E-state index in [-0.39, 0.29) is 5.91 Å². The van der Waals surface area contributed by atoms with E-state index in [9.17, 15) is 4.79 Å². The lowest BCUT2D eigenvalue weighted by molar-refractivity contribution is 0.102. The largest absolute Gasteiger partial charge is 0.497 e. The molecule has 138 valence electrons. The summed E-state index contributed by atoms with van der Waals surface area (Å²) in [5, 5.41) is 5.17. The summed E-state index contributed by atoms with van der Waals surface area (Å²) in [5.74, 6) is 1.64. The molecule has 0 heterocycles. The number of carbonyl (C=O) groups excluding carboxylic acids is 1. The molecule has 4 rings (SSSR count). The number of methoxy groups -OCH3 is 2. The van der Waals surface area contributed by atoms with Crippen LogP contribution in [0.25, 0.3) is 10.8 Å². The van der Waals surface area contributed by atoms with E-state index in [2.05, 4.69) is 5.32 Å². The smallest absolute Gasteiger partial charge is 0.255 e. The minimum absolute atomic E-state index is 0.0920. The van der Waals surface area contributed by atoms with E-state index in [4.69, 9.17) is 9.47 Å². The predicted octanol–water partition coefficient (Wildman–Crippen LogP) is 4.99. The van der Waals surface area contributed by atoms with Crippen molar-refractivity contribution < 1.29 is 14.3 Å². The first-order valence-electron chi connectivity index (χ1n) is 9.27. The van der Waals surface area contributed by atoms with Gasteiger partial charge in [0.05, 0.1) is 14.2 Å². The van der Waals surface area contributed by atoms with Crippen molar-refractivity contribution in [3.8, 4) is 11.5 Å². The molecule has 0 radical (unpaired) electrons. The van der Waals surface area contributed by atoms with Gasteiger partial charge in [-0.1, -0.05) is 12.1 Å². The molecule has 1 amide bonds. The van der Waals surface area contributed by atoms with Crippen molar-refractivity contribution in [1.82, 2.24) is 0 Å². The molecule has 4 heteroatoms. The highest BCUT2D eigenvalue weighted by Crippen LogP contribution is 2.35. The lowest BCUT2D eigenvalue weighted by Gasteiger charge is -2.22. The number of hydrogen-bond acceptors (Lipinski definition) is 3. The van der Waals surface area contributed by atoms with Gasteiger partial charge in [-0.15, -0.1) is 0 Å². The van der Waals surface area contributed by atoms with E-state index in [0.29, 0.717) is 5.56 Å². The third-order valence-corrected chi connectivity index (χ3v) is 5.27. The average molecular weight is 361 g/mol. The minimum Gasteiger partial charge on any atom is -0.497 e. The molecule has 0 atom stereocenters. The first kappa shape index (κ1) is 17.4. The first-order chi connectivity index (χ1) is 13.2. The van der Waals surface area contributed by atoms with E-state index in [1.54, 1.807) is 14.2 Å². The lowest BCUT2D eigenvalue weighted by Crippen LogP contribution is -2.16. The Morgan fingerprint density at radius 3 is 2.37 bits per heavy atom. The number of carbonyl (C=O) groups is 1. The Morgan fingerprint density at radius 2 is 1.59 bits per heavy atom. The maximum absolute atomic E-state index is 12.9. The summed E-state index contributed by atoms with van der Waals surface area (Å²) >= 11 is 0. The fourth-order valence-corrected chi connectivity index (χ4v) is 3.83. The summed E-state index contributed by atoms with van der Waals surface area (Å²) in [6.45, 7) is 0. The summed E-state index contributed by atoms with van der Waals surface area (Å²) in [6.07, 6.45) is 4.27. The van der Waals surface area contributed by atoms with Crippen molar-refractivity contribution in [3.63, 3.8) is 0 Å². The molecular formula is C23H23NO3. The van der Waals surface area contributed by atoms with Gasteiger partial charge in [-0.05, 0) is 84.0 Å². The second kappa shape index (κ2) is 7.31. The SMILES string of the molecule is COc1ccc2cc(C(=O)Nc3ccc(OC)c4c3CCCC4)ccc2c1. The zero-order valence-electron chi connectivity index (χ0n) is 15.7. The molecule has 0 aliphatic heterocycles. The van der Waals surface area contributed by atoms with Gasteiger partial charge in [0, 0.05) is 11.3 Å². The van der Waals surface area contributed by atoms with Crippen molar-refractivity contribution in [2.45, 2.75) is 25.7 Å². The van der Waals surface area contributed by atoms with Crippen LogP contribution in [-0.2, 0) is 12.8 Å². The monoisotopic (exact) mass is 361 g/mol. The van der Waals surface area contributed by atoms with Crippen molar-refractivity contribution in [3.05, 3.63) is 65.2 Å². The third kappa shape index (κ3) is 3.35. The summed E-state index contributed by atoms with van der Waals surface area (Å²) in [6, 6.07) is 15.5. The second-order valence-corrected chi connectivity index (χ2v) is 6.86. The topological polar surface area (TPSA) is 47.6 Å². The van der Waals surface area contributed by atoms with Crippen LogP contribution >= 0.6 is 0 Å². The van der Waals surface area contributed by atoms with Gasteiger partial charge in [-0.25, -0.2) is 0 Å². The molecule has 1 aliphatic rings. The average Bonchev–Trinajstić information content (AvgIpc) is 2.73. The minimum atomic E-state index is -0.0920. The summed E-state index contributed by atoms with van der Waals surface area (Å²) in [7, 11) is 3.35. The van der Waals surface area contributed by atoms with Gasteiger partial charge in [0.2, 0.25) is 0 Å². The Balaban J connectivity index is 1.63. The van der Waals surface area contributed by atoms with Crippen LogP contribution in [-0.4, -0.2) is 20.1 Å². The maximum Gasteiger partial charge on any atom is 0.255 e. The molecule has 0 unspecified atom stereocenters. The molecule has 3 aromatic rings. The molecule has 1 N–H and O–H groups in total. The summed E-state index contributed by atoms with van der Waals surface area (Å²) in [5.41, 5.74) is 3.98. The van der Waals surface area contributed by atoms with Gasteiger partial charge in [-0.3, -0.25) is 4.79 Å². The van der Waals surface area contributed by atoms with E-state index in [0.717, 1.165) is 53.6 Å². The Bertz CT molecular complexity index is 1010. The fraction of sp³-hybridized carbons (Fsp3) is 0.261. The number of amides is 1. The van der Waals surface area contributed by atoms with Crippen LogP contribution in [0.1, 0.15) is 34.3 Å². The third-order valence-electron chi connectivity index (χ3n) is 5.27. The second-order valence-electron chi connectivity index (χ2n) is 6.86. The summed E-state index contributed by atoms with van der Waals surface area (Å²) in [4.78, 5) is 12.9. The number of rotatable bonds is 4. The zero-order chi connectivity index (χ0) is 18.8. The molecule has 0 bridgehead atoms. The first-order valence-corrected chi connectivity index (χ1v) is 9.27. The molecule has 4 nitrogen and oxygen atoms in total. The molecule has 0 fully saturated rings. The van der Waals surface area contributed by atoms with Gasteiger partial charge in [0.15, 0.2) is 0 Å². The van der Waals surface area contributed by atoms with E-state index in [1.165, 1.54) is 11.1 Å². The molecular weight excluding hydrogens is 338 g/mol. The molecule has 0 saturated carbocycles. The molecule has 0 aromatic heterocycles. The molecule has 27 heavy (non-hydrogen) atoms. The Hall–Kier alpha value is -3.01. The molecule has 3 aromatic carbocycles. The zero-order valence-corrected chi connectivity index (χ0v) is 15.7. The number of anilines is 1. The predicted molar refractivity (Wildman–Crippen MR) is 108 cm³/mol.